The van der Waals surface area contributed by atoms with Gasteiger partial charge in [0.2, 0.25) is 0 Å². The molecule has 3 unspecified atom stereocenters. The van der Waals surface area contributed by atoms with E-state index in [9.17, 15) is 43.2 Å². The second-order valence-corrected chi connectivity index (χ2v) is 30.5. The molecule has 0 radical (unpaired) electrons. The summed E-state index contributed by atoms with van der Waals surface area (Å²) in [5.41, 5.74) is 0. The van der Waals surface area contributed by atoms with Crippen LogP contribution in [0.1, 0.15) is 401 Å². The fourth-order valence-corrected chi connectivity index (χ4v) is 13.3. The average molecular weight is 1400 g/mol. The van der Waals surface area contributed by atoms with Crippen LogP contribution in [-0.4, -0.2) is 96.7 Å². The lowest BCUT2D eigenvalue weighted by Gasteiger charge is -2.21. The molecule has 95 heavy (non-hydrogen) atoms. The highest BCUT2D eigenvalue weighted by molar-refractivity contribution is 7.47. The Hall–Kier alpha value is -1.94. The van der Waals surface area contributed by atoms with Crippen LogP contribution in [0.3, 0.4) is 0 Å². The van der Waals surface area contributed by atoms with Gasteiger partial charge < -0.3 is 33.8 Å². The molecule has 0 aromatic heterocycles. The molecule has 0 aromatic rings. The quantitative estimate of drug-likeness (QED) is 0.0222. The van der Waals surface area contributed by atoms with Gasteiger partial charge in [-0.1, -0.05) is 349 Å². The molecule has 0 aliphatic rings. The van der Waals surface area contributed by atoms with Crippen molar-refractivity contribution in [1.29, 1.82) is 0 Å². The summed E-state index contributed by atoms with van der Waals surface area (Å²) in [6.45, 7) is 7.28. The first-order valence-corrected chi connectivity index (χ1v) is 42.7. The Kier molecular flexibility index (Phi) is 67.7. The van der Waals surface area contributed by atoms with Gasteiger partial charge >= 0.3 is 39.5 Å². The molecule has 0 saturated heterocycles. The lowest BCUT2D eigenvalue weighted by Crippen LogP contribution is -2.30. The van der Waals surface area contributed by atoms with Crippen molar-refractivity contribution < 1.29 is 80.2 Å². The Labute approximate surface area is 581 Å². The van der Waals surface area contributed by atoms with Crippen molar-refractivity contribution in [3.05, 3.63) is 0 Å². The zero-order valence-electron chi connectivity index (χ0n) is 61.8. The minimum atomic E-state index is -4.96. The van der Waals surface area contributed by atoms with Crippen LogP contribution >= 0.6 is 15.6 Å². The van der Waals surface area contributed by atoms with E-state index in [2.05, 4.69) is 34.6 Å². The lowest BCUT2D eigenvalue weighted by atomic mass is 9.99. The molecule has 0 rings (SSSR count). The van der Waals surface area contributed by atoms with Crippen LogP contribution in [0.25, 0.3) is 0 Å². The number of carbonyl (C=O) groups excluding carboxylic acids is 4. The molecule has 0 aliphatic heterocycles. The molecule has 0 spiro atoms. The highest BCUT2D eigenvalue weighted by atomic mass is 31.2. The van der Waals surface area contributed by atoms with Crippen molar-refractivity contribution in [2.45, 2.75) is 419 Å². The van der Waals surface area contributed by atoms with Crippen molar-refractivity contribution in [1.82, 2.24) is 0 Å². The third-order valence-corrected chi connectivity index (χ3v) is 20.0. The fraction of sp³-hybridized carbons (Fsp3) is 0.947. The van der Waals surface area contributed by atoms with E-state index >= 15 is 0 Å². The minimum absolute atomic E-state index is 0.106. The molecular weight excluding hydrogens is 1250 g/mol. The summed E-state index contributed by atoms with van der Waals surface area (Å²) in [5, 5.41) is 10.6. The second kappa shape index (κ2) is 69.2. The smallest absolute Gasteiger partial charge is 0.462 e. The number of phosphoric ester groups is 2. The number of ether oxygens (including phenoxy) is 4. The standard InChI is InChI=1S/C76H148O17P2/c1-6-10-13-16-19-21-23-25-27-28-29-30-32-34-36-41-46-51-56-61-75(80)93-72(66-87-74(79)60-55-50-45-40-35-33-31-26-24-22-20-17-14-11-7-2)68-91-95(84,85)89-64-70(77)63-88-94(82,83)90-67-71(65-86-73(78)59-54-49-43-18-15-12-8-3)92-76(81)62-57-52-47-42-38-37-39-44-48-53-58-69(5)9-4/h69-72,77H,6-68H2,1-5H3,(H,82,83)(H,84,85)/t69?,70-,71+,72+/m0/s1. The highest BCUT2D eigenvalue weighted by Gasteiger charge is 2.30. The Bertz CT molecular complexity index is 1820. The fourth-order valence-electron chi connectivity index (χ4n) is 11.7. The van der Waals surface area contributed by atoms with Gasteiger partial charge in [0.05, 0.1) is 26.4 Å². The van der Waals surface area contributed by atoms with Crippen molar-refractivity contribution in [2.75, 3.05) is 39.6 Å². The van der Waals surface area contributed by atoms with Crippen LogP contribution in [0.15, 0.2) is 0 Å². The maximum Gasteiger partial charge on any atom is 0.472 e. The molecule has 0 heterocycles. The van der Waals surface area contributed by atoms with Crippen LogP contribution in [0, 0.1) is 5.92 Å². The Morgan fingerprint density at radius 3 is 0.747 bits per heavy atom. The summed E-state index contributed by atoms with van der Waals surface area (Å²) < 4.78 is 68.4. The molecule has 564 valence electrons. The molecule has 17 nitrogen and oxygen atoms in total. The van der Waals surface area contributed by atoms with E-state index in [1.165, 1.54) is 212 Å². The van der Waals surface area contributed by atoms with E-state index in [0.717, 1.165) is 109 Å². The number of carbonyl (C=O) groups is 4. The van der Waals surface area contributed by atoms with E-state index in [4.69, 9.17) is 37.0 Å². The van der Waals surface area contributed by atoms with Gasteiger partial charge in [0, 0.05) is 25.7 Å². The molecule has 0 bridgehead atoms. The molecule has 3 N–H and O–H groups in total. The Morgan fingerprint density at radius 2 is 0.505 bits per heavy atom. The van der Waals surface area contributed by atoms with Gasteiger partial charge in [-0.2, -0.15) is 0 Å². The minimum Gasteiger partial charge on any atom is -0.462 e. The molecule has 0 aromatic carbocycles. The molecule has 0 amide bonds. The van der Waals surface area contributed by atoms with E-state index in [1.807, 2.05) is 0 Å². The van der Waals surface area contributed by atoms with E-state index in [1.54, 1.807) is 0 Å². The number of aliphatic hydroxyl groups excluding tert-OH is 1. The van der Waals surface area contributed by atoms with Crippen LogP contribution in [0.4, 0.5) is 0 Å². The van der Waals surface area contributed by atoms with Gasteiger partial charge in [-0.05, 0) is 31.6 Å². The third kappa shape index (κ3) is 69.0. The van der Waals surface area contributed by atoms with Gasteiger partial charge in [0.15, 0.2) is 12.2 Å². The molecule has 6 atom stereocenters. The van der Waals surface area contributed by atoms with Crippen molar-refractivity contribution in [3.63, 3.8) is 0 Å². The topological polar surface area (TPSA) is 237 Å². The molecule has 0 aliphatic carbocycles. The number of rotatable bonds is 76. The monoisotopic (exact) mass is 1400 g/mol. The maximum atomic E-state index is 13.1. The third-order valence-electron chi connectivity index (χ3n) is 18.1. The molecule has 19 heteroatoms. The number of hydrogen-bond acceptors (Lipinski definition) is 15. The van der Waals surface area contributed by atoms with Crippen LogP contribution in [0.2, 0.25) is 0 Å². The highest BCUT2D eigenvalue weighted by Crippen LogP contribution is 2.45. The Morgan fingerprint density at radius 1 is 0.295 bits per heavy atom. The van der Waals surface area contributed by atoms with Crippen LogP contribution in [0.5, 0.6) is 0 Å². The van der Waals surface area contributed by atoms with E-state index < -0.39 is 97.5 Å². The lowest BCUT2D eigenvalue weighted by molar-refractivity contribution is -0.161. The number of hydrogen-bond donors (Lipinski definition) is 3. The van der Waals surface area contributed by atoms with Crippen LogP contribution < -0.4 is 0 Å². The van der Waals surface area contributed by atoms with Gasteiger partial charge in [0.25, 0.3) is 0 Å². The summed E-state index contributed by atoms with van der Waals surface area (Å²) in [7, 11) is -9.91. The zero-order valence-corrected chi connectivity index (χ0v) is 63.6. The Balaban J connectivity index is 5.19. The predicted molar refractivity (Wildman–Crippen MR) is 386 cm³/mol. The SMILES string of the molecule is CCCCCCCCCCCCCCCCCCCCCC(=O)O[C@H](COC(=O)CCCCCCCCCCCCCCCCC)COP(=O)(O)OC[C@@H](O)COP(=O)(O)OC[C@@H](COC(=O)CCCCCCCCC)OC(=O)CCCCCCCCCCCCC(C)CC. The van der Waals surface area contributed by atoms with Gasteiger partial charge in [0.1, 0.15) is 19.3 Å². The number of phosphoric acid groups is 2. The van der Waals surface area contributed by atoms with Gasteiger partial charge in [-0.25, -0.2) is 9.13 Å². The summed E-state index contributed by atoms with van der Waals surface area (Å²) in [5.74, 6) is -1.31. The van der Waals surface area contributed by atoms with Crippen molar-refractivity contribution >= 4 is 39.5 Å². The summed E-state index contributed by atoms with van der Waals surface area (Å²) >= 11 is 0. The summed E-state index contributed by atoms with van der Waals surface area (Å²) in [4.78, 5) is 72.7. The van der Waals surface area contributed by atoms with E-state index in [0.29, 0.717) is 25.7 Å². The first-order chi connectivity index (χ1) is 46.1. The molecule has 0 saturated carbocycles. The number of unbranched alkanes of at least 4 members (excludes halogenated alkanes) is 47. The second-order valence-electron chi connectivity index (χ2n) is 27.6. The number of esters is 4. The van der Waals surface area contributed by atoms with E-state index in [-0.39, 0.29) is 25.7 Å². The maximum absolute atomic E-state index is 13.1. The van der Waals surface area contributed by atoms with Gasteiger partial charge in [-0.15, -0.1) is 0 Å². The number of aliphatic hydroxyl groups is 1. The predicted octanol–water partition coefficient (Wildman–Crippen LogP) is 22.5. The molecule has 0 fully saturated rings. The molecular formula is C76H148O17P2. The van der Waals surface area contributed by atoms with Gasteiger partial charge in [-0.3, -0.25) is 37.3 Å². The largest absolute Gasteiger partial charge is 0.472 e. The first kappa shape index (κ1) is 93.1. The van der Waals surface area contributed by atoms with Crippen LogP contribution in [-0.2, 0) is 65.4 Å². The normalized spacial score (nSPS) is 14.2. The van der Waals surface area contributed by atoms with Crippen molar-refractivity contribution in [2.24, 2.45) is 5.92 Å². The van der Waals surface area contributed by atoms with Crippen molar-refractivity contribution in [3.8, 4) is 0 Å². The zero-order chi connectivity index (χ0) is 69.8. The summed E-state index contributed by atoms with van der Waals surface area (Å²) in [6, 6.07) is 0. The average Bonchev–Trinajstić information content (AvgIpc) is 1.43. The summed E-state index contributed by atoms with van der Waals surface area (Å²) in [6.07, 6.45) is 58.3. The first-order valence-electron chi connectivity index (χ1n) is 39.7.